The summed E-state index contributed by atoms with van der Waals surface area (Å²) in [6.45, 7) is 0.199. The normalized spacial score (nSPS) is 10.4. The Bertz CT molecular complexity index is 526. The van der Waals surface area contributed by atoms with Gasteiger partial charge in [-0.15, -0.1) is 0 Å². The van der Waals surface area contributed by atoms with Crippen molar-refractivity contribution < 1.29 is 4.74 Å². The molecular formula is C10H12N4O2. The predicted octanol–water partition coefficient (Wildman–Crippen LogP) is 0.0279. The van der Waals surface area contributed by atoms with Gasteiger partial charge in [-0.3, -0.25) is 0 Å². The number of methoxy groups -OCH3 is 1. The molecule has 1 heterocycles. The van der Waals surface area contributed by atoms with Gasteiger partial charge in [-0.25, -0.2) is 14.5 Å². The Kier molecular flexibility index (Phi) is 2.74. The maximum absolute atomic E-state index is 11.5. The van der Waals surface area contributed by atoms with Gasteiger partial charge in [0, 0.05) is 0 Å². The summed E-state index contributed by atoms with van der Waals surface area (Å²) in [6.07, 6.45) is 0. The quantitative estimate of drug-likeness (QED) is 0.764. The molecule has 6 heteroatoms. The second-order valence-corrected chi connectivity index (χ2v) is 3.18. The first-order valence-electron chi connectivity index (χ1n) is 4.77. The highest BCUT2D eigenvalue weighted by atomic mass is 16.5. The first-order chi connectivity index (χ1) is 7.76. The summed E-state index contributed by atoms with van der Waals surface area (Å²) >= 11 is 0. The molecule has 0 aliphatic heterocycles. The van der Waals surface area contributed by atoms with Gasteiger partial charge in [0.2, 0.25) is 0 Å². The van der Waals surface area contributed by atoms with E-state index in [4.69, 9.17) is 10.5 Å². The van der Waals surface area contributed by atoms with Crippen LogP contribution in [0.25, 0.3) is 5.69 Å². The summed E-state index contributed by atoms with van der Waals surface area (Å²) in [5.41, 5.74) is 5.90. The maximum Gasteiger partial charge on any atom is 0.347 e. The minimum atomic E-state index is -0.300. The molecule has 0 unspecified atom stereocenters. The van der Waals surface area contributed by atoms with Crippen molar-refractivity contribution in [3.8, 4) is 11.4 Å². The smallest absolute Gasteiger partial charge is 0.347 e. The van der Waals surface area contributed by atoms with Crippen molar-refractivity contribution in [2.45, 2.75) is 6.54 Å². The third-order valence-electron chi connectivity index (χ3n) is 2.26. The number of nitrogens with one attached hydrogen (secondary N) is 1. The first kappa shape index (κ1) is 10.4. The van der Waals surface area contributed by atoms with Gasteiger partial charge in [-0.1, -0.05) is 0 Å². The highest BCUT2D eigenvalue weighted by Crippen LogP contribution is 2.14. The first-order valence-corrected chi connectivity index (χ1v) is 4.77. The Hall–Kier alpha value is -2.08. The molecule has 16 heavy (non-hydrogen) atoms. The number of hydrogen-bond donors (Lipinski definition) is 2. The zero-order valence-corrected chi connectivity index (χ0v) is 8.80. The molecule has 1 aromatic heterocycles. The number of nitrogens with zero attached hydrogens (tertiary/aromatic N) is 2. The van der Waals surface area contributed by atoms with Gasteiger partial charge in [0.15, 0.2) is 5.82 Å². The standard InChI is InChI=1S/C10H12N4O2/c1-16-8-4-2-7(3-5-8)14-9(6-11)12-13-10(14)15/h2-5H,6,11H2,1H3,(H,13,15). The van der Waals surface area contributed by atoms with E-state index in [0.29, 0.717) is 11.5 Å². The zero-order chi connectivity index (χ0) is 11.5. The highest BCUT2D eigenvalue weighted by Gasteiger charge is 2.08. The Morgan fingerprint density at radius 3 is 2.69 bits per heavy atom. The Morgan fingerprint density at radius 1 is 1.44 bits per heavy atom. The van der Waals surface area contributed by atoms with Crippen LogP contribution in [0.1, 0.15) is 5.82 Å². The van der Waals surface area contributed by atoms with Crippen molar-refractivity contribution in [2.75, 3.05) is 7.11 Å². The van der Waals surface area contributed by atoms with Crippen molar-refractivity contribution in [1.82, 2.24) is 14.8 Å². The van der Waals surface area contributed by atoms with Crippen LogP contribution >= 0.6 is 0 Å². The number of aromatic nitrogens is 3. The van der Waals surface area contributed by atoms with E-state index < -0.39 is 0 Å². The van der Waals surface area contributed by atoms with Gasteiger partial charge in [0.05, 0.1) is 19.3 Å². The van der Waals surface area contributed by atoms with Crippen LogP contribution in [0.3, 0.4) is 0 Å². The molecule has 0 aliphatic carbocycles. The van der Waals surface area contributed by atoms with Gasteiger partial charge in [-0.05, 0) is 24.3 Å². The summed E-state index contributed by atoms with van der Waals surface area (Å²) in [6, 6.07) is 7.09. The van der Waals surface area contributed by atoms with Crippen LogP contribution in [0.15, 0.2) is 29.1 Å². The molecule has 0 radical (unpaired) electrons. The Morgan fingerprint density at radius 2 is 2.12 bits per heavy atom. The van der Waals surface area contributed by atoms with Crippen LogP contribution in [0.5, 0.6) is 5.75 Å². The van der Waals surface area contributed by atoms with Gasteiger partial charge < -0.3 is 10.5 Å². The van der Waals surface area contributed by atoms with E-state index in [1.54, 1.807) is 31.4 Å². The number of H-pyrrole nitrogens is 1. The van der Waals surface area contributed by atoms with E-state index in [-0.39, 0.29) is 12.2 Å². The number of hydrogen-bond acceptors (Lipinski definition) is 4. The van der Waals surface area contributed by atoms with Gasteiger partial charge >= 0.3 is 5.69 Å². The molecule has 0 amide bonds. The fourth-order valence-corrected chi connectivity index (χ4v) is 1.46. The number of ether oxygens (including phenoxy) is 1. The Labute approximate surface area is 91.7 Å². The molecule has 0 atom stereocenters. The van der Waals surface area contributed by atoms with Gasteiger partial charge in [0.25, 0.3) is 0 Å². The van der Waals surface area contributed by atoms with Crippen LogP contribution < -0.4 is 16.2 Å². The van der Waals surface area contributed by atoms with Crippen LogP contribution in [-0.4, -0.2) is 21.9 Å². The minimum absolute atomic E-state index is 0.199. The number of benzene rings is 1. The van der Waals surface area contributed by atoms with E-state index >= 15 is 0 Å². The zero-order valence-electron chi connectivity index (χ0n) is 8.80. The number of rotatable bonds is 3. The molecular weight excluding hydrogens is 208 g/mol. The lowest BCUT2D eigenvalue weighted by molar-refractivity contribution is 0.414. The fraction of sp³-hybridized carbons (Fsp3) is 0.200. The van der Waals surface area contributed by atoms with Crippen molar-refractivity contribution in [2.24, 2.45) is 5.73 Å². The summed E-state index contributed by atoms with van der Waals surface area (Å²) in [7, 11) is 1.59. The lowest BCUT2D eigenvalue weighted by Gasteiger charge is -2.05. The van der Waals surface area contributed by atoms with E-state index in [1.165, 1.54) is 4.57 Å². The molecule has 84 valence electrons. The van der Waals surface area contributed by atoms with Crippen molar-refractivity contribution in [3.63, 3.8) is 0 Å². The van der Waals surface area contributed by atoms with E-state index in [0.717, 1.165) is 5.75 Å². The maximum atomic E-state index is 11.5. The van der Waals surface area contributed by atoms with Crippen molar-refractivity contribution in [3.05, 3.63) is 40.6 Å². The molecule has 0 aliphatic rings. The third kappa shape index (κ3) is 1.70. The van der Waals surface area contributed by atoms with E-state index in [9.17, 15) is 4.79 Å². The average Bonchev–Trinajstić information content (AvgIpc) is 2.70. The molecule has 0 saturated carbocycles. The molecule has 6 nitrogen and oxygen atoms in total. The molecule has 3 N–H and O–H groups in total. The topological polar surface area (TPSA) is 85.9 Å². The summed E-state index contributed by atoms with van der Waals surface area (Å²) in [5.74, 6) is 1.23. The van der Waals surface area contributed by atoms with Crippen LogP contribution in [0.2, 0.25) is 0 Å². The lowest BCUT2D eigenvalue weighted by atomic mass is 10.3. The fourth-order valence-electron chi connectivity index (χ4n) is 1.46. The van der Waals surface area contributed by atoms with E-state index in [1.807, 2.05) is 0 Å². The molecule has 0 spiro atoms. The predicted molar refractivity (Wildman–Crippen MR) is 58.6 cm³/mol. The second kappa shape index (κ2) is 4.19. The highest BCUT2D eigenvalue weighted by molar-refractivity contribution is 5.37. The van der Waals surface area contributed by atoms with Crippen LogP contribution in [-0.2, 0) is 6.54 Å². The summed E-state index contributed by atoms with van der Waals surface area (Å²) < 4.78 is 6.47. The monoisotopic (exact) mass is 220 g/mol. The molecule has 2 rings (SSSR count). The minimum Gasteiger partial charge on any atom is -0.497 e. The van der Waals surface area contributed by atoms with Crippen molar-refractivity contribution in [1.29, 1.82) is 0 Å². The van der Waals surface area contributed by atoms with Crippen molar-refractivity contribution >= 4 is 0 Å². The third-order valence-corrected chi connectivity index (χ3v) is 2.26. The summed E-state index contributed by atoms with van der Waals surface area (Å²) in [4.78, 5) is 11.5. The van der Waals surface area contributed by atoms with Crippen LogP contribution in [0, 0.1) is 0 Å². The SMILES string of the molecule is COc1ccc(-n2c(CN)n[nH]c2=O)cc1. The molecule has 0 fully saturated rings. The Balaban J connectivity index is 2.49. The van der Waals surface area contributed by atoms with Gasteiger partial charge in [0.1, 0.15) is 5.75 Å². The number of nitrogens with two attached hydrogens (primary N) is 1. The summed E-state index contributed by atoms with van der Waals surface area (Å²) in [5, 5.41) is 6.18. The average molecular weight is 220 g/mol. The largest absolute Gasteiger partial charge is 0.497 e. The lowest BCUT2D eigenvalue weighted by Crippen LogP contribution is -2.18. The molecule has 2 aromatic rings. The van der Waals surface area contributed by atoms with E-state index in [2.05, 4.69) is 10.2 Å². The molecule has 0 bridgehead atoms. The molecule has 1 aromatic carbocycles. The number of aromatic amines is 1. The van der Waals surface area contributed by atoms with Gasteiger partial charge in [-0.2, -0.15) is 5.10 Å². The molecule has 0 saturated heterocycles. The van der Waals surface area contributed by atoms with Crippen LogP contribution in [0.4, 0.5) is 0 Å². The second-order valence-electron chi connectivity index (χ2n) is 3.18.